The Bertz CT molecular complexity index is 912. The van der Waals surface area contributed by atoms with Crippen molar-refractivity contribution in [1.29, 1.82) is 0 Å². The van der Waals surface area contributed by atoms with Crippen molar-refractivity contribution >= 4 is 11.8 Å². The molecule has 2 saturated carbocycles. The minimum Gasteiger partial charge on any atom is -0.345 e. The number of amides is 2. The molecule has 184 valence electrons. The van der Waals surface area contributed by atoms with Gasteiger partial charge in [-0.15, -0.1) is 0 Å². The fourth-order valence-corrected chi connectivity index (χ4v) is 5.18. The summed E-state index contributed by atoms with van der Waals surface area (Å²) < 4.78 is 2.26. The van der Waals surface area contributed by atoms with E-state index in [0.717, 1.165) is 57.2 Å². The van der Waals surface area contributed by atoms with Crippen molar-refractivity contribution in [2.75, 3.05) is 13.1 Å². The second-order valence-electron chi connectivity index (χ2n) is 10.2. The molecule has 2 aliphatic rings. The second-order valence-corrected chi connectivity index (χ2v) is 10.2. The van der Waals surface area contributed by atoms with Crippen LogP contribution in [0.4, 0.5) is 0 Å². The van der Waals surface area contributed by atoms with Gasteiger partial charge in [-0.2, -0.15) is 0 Å². The number of hydrogen-bond donors (Lipinski definition) is 0. The Morgan fingerprint density at radius 3 is 2.41 bits per heavy atom. The zero-order valence-corrected chi connectivity index (χ0v) is 20.8. The number of nitrogens with zero attached hydrogens (tertiary/aromatic N) is 3. The molecule has 2 amide bonds. The summed E-state index contributed by atoms with van der Waals surface area (Å²) in [7, 11) is 0. The number of benzene rings is 1. The average Bonchev–Trinajstić information content (AvgIpc) is 3.63. The third-order valence-electron chi connectivity index (χ3n) is 7.38. The van der Waals surface area contributed by atoms with Gasteiger partial charge in [0.1, 0.15) is 0 Å². The maximum Gasteiger partial charge on any atom is 0.242 e. The Balaban J connectivity index is 1.49. The number of rotatable bonds is 12. The van der Waals surface area contributed by atoms with Crippen LogP contribution >= 0.6 is 0 Å². The Hall–Kier alpha value is -2.56. The third-order valence-corrected chi connectivity index (χ3v) is 7.38. The minimum absolute atomic E-state index is 0.116. The number of aromatic nitrogens is 1. The van der Waals surface area contributed by atoms with E-state index in [9.17, 15) is 9.59 Å². The van der Waals surface area contributed by atoms with Crippen LogP contribution in [0.2, 0.25) is 0 Å². The van der Waals surface area contributed by atoms with Gasteiger partial charge >= 0.3 is 0 Å². The molecule has 1 aromatic carbocycles. The van der Waals surface area contributed by atoms with Gasteiger partial charge in [0.2, 0.25) is 11.8 Å². The van der Waals surface area contributed by atoms with Gasteiger partial charge in [-0.1, -0.05) is 69.4 Å². The van der Waals surface area contributed by atoms with Crippen molar-refractivity contribution in [3.63, 3.8) is 0 Å². The Labute approximate surface area is 205 Å². The SMILES string of the molecule is CCCCCN(CC(=O)N(Cc1cccn1Cc1ccccc1)C1CCCCC1)C(=O)C1CC1. The zero-order chi connectivity index (χ0) is 23.8. The number of hydrogen-bond acceptors (Lipinski definition) is 2. The summed E-state index contributed by atoms with van der Waals surface area (Å²) in [6.07, 6.45) is 13.0. The van der Waals surface area contributed by atoms with E-state index in [1.54, 1.807) is 0 Å². The molecule has 1 aromatic heterocycles. The molecular weight excluding hydrogens is 422 g/mol. The lowest BCUT2D eigenvalue weighted by Crippen LogP contribution is -2.48. The largest absolute Gasteiger partial charge is 0.345 e. The summed E-state index contributed by atoms with van der Waals surface area (Å²) in [4.78, 5) is 30.7. The van der Waals surface area contributed by atoms with Gasteiger partial charge in [0, 0.05) is 36.9 Å². The first-order valence-corrected chi connectivity index (χ1v) is 13.4. The lowest BCUT2D eigenvalue weighted by atomic mass is 9.94. The van der Waals surface area contributed by atoms with Gasteiger partial charge in [-0.05, 0) is 49.8 Å². The topological polar surface area (TPSA) is 45.6 Å². The van der Waals surface area contributed by atoms with E-state index >= 15 is 0 Å². The summed E-state index contributed by atoms with van der Waals surface area (Å²) in [6, 6.07) is 15.0. The summed E-state index contributed by atoms with van der Waals surface area (Å²) in [5, 5.41) is 0. The summed E-state index contributed by atoms with van der Waals surface area (Å²) >= 11 is 0. The van der Waals surface area contributed by atoms with E-state index in [0.29, 0.717) is 13.1 Å². The highest BCUT2D eigenvalue weighted by atomic mass is 16.2. The summed E-state index contributed by atoms with van der Waals surface area (Å²) in [5.41, 5.74) is 2.42. The number of carbonyl (C=O) groups is 2. The van der Waals surface area contributed by atoms with Crippen molar-refractivity contribution in [3.05, 3.63) is 59.9 Å². The molecule has 0 radical (unpaired) electrons. The minimum atomic E-state index is 0.116. The van der Waals surface area contributed by atoms with E-state index in [1.807, 2.05) is 11.0 Å². The van der Waals surface area contributed by atoms with Crippen LogP contribution in [0.1, 0.15) is 82.4 Å². The zero-order valence-electron chi connectivity index (χ0n) is 20.8. The summed E-state index contributed by atoms with van der Waals surface area (Å²) in [6.45, 7) is 4.53. The highest BCUT2D eigenvalue weighted by Crippen LogP contribution is 2.31. The third kappa shape index (κ3) is 6.74. The quantitative estimate of drug-likeness (QED) is 0.383. The standard InChI is InChI=1S/C29H41N3O2/c1-2-3-10-19-31(29(34)25-17-18-25)23-28(33)32(26-14-8-5-9-15-26)22-27-16-11-20-30(27)21-24-12-6-4-7-13-24/h4,6-7,11-13,16,20,25-26H,2-3,5,8-10,14-15,17-19,21-23H2,1H3. The van der Waals surface area contributed by atoms with Crippen molar-refractivity contribution in [2.45, 2.75) is 90.3 Å². The molecule has 5 nitrogen and oxygen atoms in total. The van der Waals surface area contributed by atoms with Crippen molar-refractivity contribution < 1.29 is 9.59 Å². The molecule has 4 rings (SSSR count). The fraction of sp³-hybridized carbons (Fsp3) is 0.586. The highest BCUT2D eigenvalue weighted by molar-refractivity contribution is 5.87. The molecular formula is C29H41N3O2. The van der Waals surface area contributed by atoms with Crippen LogP contribution in [0.25, 0.3) is 0 Å². The van der Waals surface area contributed by atoms with Crippen LogP contribution in [-0.2, 0) is 22.7 Å². The van der Waals surface area contributed by atoms with Crippen LogP contribution in [-0.4, -0.2) is 45.3 Å². The van der Waals surface area contributed by atoms with Crippen LogP contribution in [0.3, 0.4) is 0 Å². The molecule has 34 heavy (non-hydrogen) atoms. The van der Waals surface area contributed by atoms with Gasteiger partial charge in [0.15, 0.2) is 0 Å². The molecule has 1 heterocycles. The lowest BCUT2D eigenvalue weighted by Gasteiger charge is -2.36. The van der Waals surface area contributed by atoms with E-state index in [1.165, 1.54) is 24.8 Å². The molecule has 0 unspecified atom stereocenters. The van der Waals surface area contributed by atoms with Crippen molar-refractivity contribution in [3.8, 4) is 0 Å². The van der Waals surface area contributed by atoms with Crippen LogP contribution in [0.5, 0.6) is 0 Å². The molecule has 2 aliphatic carbocycles. The number of unbranched alkanes of at least 4 members (excludes halogenated alkanes) is 2. The maximum absolute atomic E-state index is 13.8. The molecule has 5 heteroatoms. The van der Waals surface area contributed by atoms with Crippen molar-refractivity contribution in [1.82, 2.24) is 14.4 Å². The molecule has 0 aliphatic heterocycles. The first kappa shape index (κ1) is 24.6. The Morgan fingerprint density at radius 1 is 0.941 bits per heavy atom. The Morgan fingerprint density at radius 2 is 1.71 bits per heavy atom. The molecule has 0 spiro atoms. The van der Waals surface area contributed by atoms with Gasteiger partial charge < -0.3 is 14.4 Å². The van der Waals surface area contributed by atoms with Crippen molar-refractivity contribution in [2.24, 2.45) is 5.92 Å². The van der Waals surface area contributed by atoms with E-state index in [2.05, 4.69) is 59.0 Å². The van der Waals surface area contributed by atoms with Gasteiger partial charge in [0.05, 0.1) is 13.1 Å². The number of carbonyl (C=O) groups excluding carboxylic acids is 2. The fourth-order valence-electron chi connectivity index (χ4n) is 5.18. The van der Waals surface area contributed by atoms with E-state index in [-0.39, 0.29) is 30.3 Å². The van der Waals surface area contributed by atoms with Gasteiger partial charge in [0.25, 0.3) is 0 Å². The first-order chi connectivity index (χ1) is 16.7. The monoisotopic (exact) mass is 463 g/mol. The molecule has 0 bridgehead atoms. The molecule has 0 N–H and O–H groups in total. The second kappa shape index (κ2) is 12.2. The molecule has 0 saturated heterocycles. The predicted octanol–water partition coefficient (Wildman–Crippen LogP) is 5.63. The summed E-state index contributed by atoms with van der Waals surface area (Å²) in [5.74, 6) is 0.464. The van der Waals surface area contributed by atoms with Crippen LogP contribution in [0.15, 0.2) is 48.7 Å². The van der Waals surface area contributed by atoms with E-state index < -0.39 is 0 Å². The van der Waals surface area contributed by atoms with Crippen LogP contribution in [0, 0.1) is 5.92 Å². The smallest absolute Gasteiger partial charge is 0.242 e. The molecule has 0 atom stereocenters. The van der Waals surface area contributed by atoms with Crippen LogP contribution < -0.4 is 0 Å². The van der Waals surface area contributed by atoms with E-state index in [4.69, 9.17) is 0 Å². The molecule has 2 fully saturated rings. The van der Waals surface area contributed by atoms with Gasteiger partial charge in [-0.25, -0.2) is 0 Å². The average molecular weight is 464 g/mol. The first-order valence-electron chi connectivity index (χ1n) is 13.4. The Kier molecular flexibility index (Phi) is 8.84. The maximum atomic E-state index is 13.8. The van der Waals surface area contributed by atoms with Gasteiger partial charge in [-0.3, -0.25) is 9.59 Å². The lowest BCUT2D eigenvalue weighted by molar-refractivity contribution is -0.143. The normalized spacial score (nSPS) is 16.4. The highest BCUT2D eigenvalue weighted by Gasteiger charge is 2.35. The predicted molar refractivity (Wildman–Crippen MR) is 136 cm³/mol. The molecule has 2 aromatic rings.